The molecule has 3 aliphatic rings. The number of rotatable bonds is 9. The van der Waals surface area contributed by atoms with Crippen LogP contribution in [-0.2, 0) is 14.4 Å². The molecule has 0 radical (unpaired) electrons. The highest BCUT2D eigenvalue weighted by Gasteiger charge is 2.73. The normalized spacial score (nSPS) is 29.9. The van der Waals surface area contributed by atoms with Crippen molar-refractivity contribution < 1.29 is 19.5 Å². The third kappa shape index (κ3) is 4.16. The minimum Gasteiger partial charge on any atom is -0.396 e. The second-order valence-electron chi connectivity index (χ2n) is 9.62. The van der Waals surface area contributed by atoms with Crippen LogP contribution in [0.4, 0.5) is 5.69 Å². The number of nitrogens with one attached hydrogen (secondary N) is 2. The number of carbonyl (C=O) groups is 3. The molecule has 33 heavy (non-hydrogen) atoms. The summed E-state index contributed by atoms with van der Waals surface area (Å²) in [6.45, 7) is 7.01. The van der Waals surface area contributed by atoms with Gasteiger partial charge in [0.05, 0.1) is 16.6 Å². The van der Waals surface area contributed by atoms with Gasteiger partial charge in [-0.1, -0.05) is 19.1 Å². The zero-order valence-electron chi connectivity index (χ0n) is 19.7. The van der Waals surface area contributed by atoms with Crippen LogP contribution in [0.1, 0.15) is 50.2 Å². The predicted molar refractivity (Wildman–Crippen MR) is 130 cm³/mol. The van der Waals surface area contributed by atoms with Gasteiger partial charge in [-0.3, -0.25) is 14.4 Å². The smallest absolute Gasteiger partial charge is 0.248 e. The summed E-state index contributed by atoms with van der Waals surface area (Å²) in [6, 6.07) is 5.32. The first-order valence-corrected chi connectivity index (χ1v) is 13.0. The molecule has 1 aromatic rings. The van der Waals surface area contributed by atoms with Crippen molar-refractivity contribution in [3.8, 4) is 0 Å². The minimum absolute atomic E-state index is 0.0504. The molecule has 1 aromatic carbocycles. The second-order valence-corrected chi connectivity index (χ2v) is 11.2. The number of nitrogens with zero attached hydrogens (tertiary/aromatic N) is 1. The lowest BCUT2D eigenvalue weighted by molar-refractivity contribution is -0.139. The van der Waals surface area contributed by atoms with Crippen LogP contribution < -0.4 is 10.6 Å². The molecule has 3 aliphatic heterocycles. The lowest BCUT2D eigenvalue weighted by Crippen LogP contribution is -2.52. The van der Waals surface area contributed by atoms with E-state index >= 15 is 0 Å². The Bertz CT molecular complexity index is 938. The lowest BCUT2D eigenvalue weighted by Gasteiger charge is -2.34. The molecule has 0 aromatic heterocycles. The zero-order chi connectivity index (χ0) is 23.8. The number of aliphatic hydroxyl groups excluding tert-OH is 1. The maximum absolute atomic E-state index is 13.8. The van der Waals surface area contributed by atoms with Crippen molar-refractivity contribution in [2.75, 3.05) is 25.0 Å². The van der Waals surface area contributed by atoms with Gasteiger partial charge in [-0.25, -0.2) is 0 Å². The summed E-state index contributed by atoms with van der Waals surface area (Å²) >= 11 is 1.69. The van der Waals surface area contributed by atoms with Crippen LogP contribution in [0.15, 0.2) is 18.2 Å². The number of amides is 3. The monoisotopic (exact) mass is 473 g/mol. The maximum atomic E-state index is 13.8. The molecule has 3 amide bonds. The van der Waals surface area contributed by atoms with E-state index in [0.717, 1.165) is 36.1 Å². The Balaban J connectivity index is 1.66. The van der Waals surface area contributed by atoms with E-state index in [4.69, 9.17) is 0 Å². The molecule has 3 fully saturated rings. The van der Waals surface area contributed by atoms with Crippen LogP contribution in [-0.4, -0.2) is 63.5 Å². The molecule has 0 saturated carbocycles. The highest BCUT2D eigenvalue weighted by Crippen LogP contribution is 2.66. The topological polar surface area (TPSA) is 98.7 Å². The van der Waals surface area contributed by atoms with Crippen LogP contribution in [0.25, 0.3) is 0 Å². The van der Waals surface area contributed by atoms with Gasteiger partial charge in [0.2, 0.25) is 17.7 Å². The van der Waals surface area contributed by atoms with Crippen LogP contribution in [0.2, 0.25) is 0 Å². The van der Waals surface area contributed by atoms with Crippen LogP contribution in [0, 0.1) is 25.7 Å². The summed E-state index contributed by atoms with van der Waals surface area (Å²) in [7, 11) is 0. The van der Waals surface area contributed by atoms with Crippen LogP contribution >= 0.6 is 11.8 Å². The summed E-state index contributed by atoms with van der Waals surface area (Å²) in [5.41, 5.74) is 2.79. The van der Waals surface area contributed by atoms with Crippen molar-refractivity contribution in [2.24, 2.45) is 11.8 Å². The summed E-state index contributed by atoms with van der Waals surface area (Å²) in [4.78, 5) is 42.3. The average Bonchev–Trinajstić information content (AvgIpc) is 3.42. The van der Waals surface area contributed by atoms with Crippen molar-refractivity contribution in [3.63, 3.8) is 0 Å². The standard InChI is InChI=1S/C25H35N3O4S/c1-4-11-26-22(30)19-18-9-10-25(33-18)20(19)24(32)28(12-5-6-13-29)21(25)23(31)27-17-14-15(2)7-8-16(17)3/h7-8,14,18-21,29H,4-6,9-13H2,1-3H3,(H,26,30)(H,27,31)/t18-,19+,20+,21?,25?/m1/s1. The van der Waals surface area contributed by atoms with Gasteiger partial charge in [0.15, 0.2) is 0 Å². The highest BCUT2D eigenvalue weighted by atomic mass is 32.2. The Morgan fingerprint density at radius 2 is 2.03 bits per heavy atom. The predicted octanol–water partition coefficient (Wildman–Crippen LogP) is 2.63. The van der Waals surface area contributed by atoms with E-state index < -0.39 is 16.7 Å². The molecule has 2 unspecified atom stereocenters. The van der Waals surface area contributed by atoms with E-state index in [1.165, 1.54) is 0 Å². The Morgan fingerprint density at radius 1 is 1.24 bits per heavy atom. The van der Waals surface area contributed by atoms with Gasteiger partial charge in [0.25, 0.3) is 0 Å². The maximum Gasteiger partial charge on any atom is 0.248 e. The molecule has 8 heteroatoms. The Labute approximate surface area is 200 Å². The van der Waals surface area contributed by atoms with Crippen LogP contribution in [0.5, 0.6) is 0 Å². The fourth-order valence-electron chi connectivity index (χ4n) is 5.83. The number of carbonyl (C=O) groups excluding carboxylic acids is 3. The van der Waals surface area contributed by atoms with E-state index in [2.05, 4.69) is 10.6 Å². The molecule has 2 bridgehead atoms. The van der Waals surface area contributed by atoms with Crippen molar-refractivity contribution in [2.45, 2.75) is 68.9 Å². The van der Waals surface area contributed by atoms with Gasteiger partial charge >= 0.3 is 0 Å². The number of aliphatic hydroxyl groups is 1. The number of fused-ring (bicyclic) bond motifs is 1. The number of likely N-dealkylation sites (tertiary alicyclic amines) is 1. The van der Waals surface area contributed by atoms with Gasteiger partial charge < -0.3 is 20.6 Å². The molecule has 0 aliphatic carbocycles. The number of benzene rings is 1. The summed E-state index contributed by atoms with van der Waals surface area (Å²) in [6.07, 6.45) is 3.64. The molecule has 180 valence electrons. The molecule has 7 nitrogen and oxygen atoms in total. The van der Waals surface area contributed by atoms with Crippen LogP contribution in [0.3, 0.4) is 0 Å². The highest BCUT2D eigenvalue weighted by molar-refractivity contribution is 8.02. The number of hydrogen-bond acceptors (Lipinski definition) is 5. The van der Waals surface area contributed by atoms with Gasteiger partial charge in [0.1, 0.15) is 6.04 Å². The lowest BCUT2D eigenvalue weighted by atomic mass is 9.70. The second kappa shape index (κ2) is 9.66. The van der Waals surface area contributed by atoms with Crippen molar-refractivity contribution in [3.05, 3.63) is 29.3 Å². The molecular weight excluding hydrogens is 438 g/mol. The largest absolute Gasteiger partial charge is 0.396 e. The molecule has 3 heterocycles. The van der Waals surface area contributed by atoms with Crippen molar-refractivity contribution >= 4 is 35.2 Å². The molecule has 1 spiro atoms. The summed E-state index contributed by atoms with van der Waals surface area (Å²) in [5.74, 6) is -1.17. The van der Waals surface area contributed by atoms with Gasteiger partial charge in [-0.15, -0.1) is 11.8 Å². The third-order valence-corrected chi connectivity index (χ3v) is 9.31. The fraction of sp³-hybridized carbons (Fsp3) is 0.640. The van der Waals surface area contributed by atoms with Gasteiger partial charge in [-0.05, 0) is 63.1 Å². The SMILES string of the molecule is CCCNC(=O)[C@@H]1[C@H]2C(=O)N(CCCCO)C(C(=O)Nc3cc(C)ccc3C)C23CC[C@H]1S3. The average molecular weight is 474 g/mol. The molecule has 5 atom stereocenters. The fourth-order valence-corrected chi connectivity index (χ4v) is 8.05. The van der Waals surface area contributed by atoms with E-state index in [0.29, 0.717) is 25.9 Å². The van der Waals surface area contributed by atoms with E-state index in [1.54, 1.807) is 16.7 Å². The van der Waals surface area contributed by atoms with Gasteiger partial charge in [0, 0.05) is 30.6 Å². The van der Waals surface area contributed by atoms with E-state index in [-0.39, 0.29) is 35.5 Å². The summed E-state index contributed by atoms with van der Waals surface area (Å²) < 4.78 is -0.572. The quantitative estimate of drug-likeness (QED) is 0.479. The number of unbranched alkanes of at least 4 members (excludes halogenated alkanes) is 1. The first-order valence-electron chi connectivity index (χ1n) is 12.1. The molecular formula is C25H35N3O4S. The Hall–Kier alpha value is -2.06. The first-order chi connectivity index (χ1) is 15.8. The first kappa shape index (κ1) is 24.1. The van der Waals surface area contributed by atoms with Gasteiger partial charge in [-0.2, -0.15) is 0 Å². The minimum atomic E-state index is -0.618. The summed E-state index contributed by atoms with van der Waals surface area (Å²) in [5, 5.41) is 15.4. The van der Waals surface area contributed by atoms with Crippen molar-refractivity contribution in [1.82, 2.24) is 10.2 Å². The Kier molecular flexibility index (Phi) is 7.05. The van der Waals surface area contributed by atoms with E-state index in [1.807, 2.05) is 39.0 Å². The third-order valence-electron chi connectivity index (χ3n) is 7.36. The number of anilines is 1. The molecule has 3 saturated heterocycles. The van der Waals surface area contributed by atoms with Crippen molar-refractivity contribution in [1.29, 1.82) is 0 Å². The molecule has 3 N–H and O–H groups in total. The molecule has 4 rings (SSSR count). The Morgan fingerprint density at radius 3 is 2.76 bits per heavy atom. The van der Waals surface area contributed by atoms with E-state index in [9.17, 15) is 19.5 Å². The number of hydrogen-bond donors (Lipinski definition) is 3. The zero-order valence-corrected chi connectivity index (χ0v) is 20.5. The number of aryl methyl sites for hydroxylation is 2. The number of thioether (sulfide) groups is 1.